The molecule has 1 aromatic rings. The molecule has 1 N–H and O–H groups in total. The number of rotatable bonds is 7. The summed E-state index contributed by atoms with van der Waals surface area (Å²) in [5.41, 5.74) is 2.56. The summed E-state index contributed by atoms with van der Waals surface area (Å²) in [6.45, 7) is 5.56. The van der Waals surface area contributed by atoms with Crippen LogP contribution in [0.3, 0.4) is 0 Å². The molecule has 0 fully saturated rings. The van der Waals surface area contributed by atoms with Crippen LogP contribution < -0.4 is 5.32 Å². The van der Waals surface area contributed by atoms with Crippen molar-refractivity contribution in [3.63, 3.8) is 0 Å². The summed E-state index contributed by atoms with van der Waals surface area (Å²) in [5.74, 6) is 1.16. The highest BCUT2D eigenvalue weighted by atomic mass is 32.2. The minimum atomic E-state index is -2.85. The van der Waals surface area contributed by atoms with Crippen LogP contribution in [0.5, 0.6) is 0 Å². The maximum absolute atomic E-state index is 10.9. The summed E-state index contributed by atoms with van der Waals surface area (Å²) >= 11 is 1.81. The van der Waals surface area contributed by atoms with Crippen molar-refractivity contribution in [2.75, 3.05) is 30.9 Å². The van der Waals surface area contributed by atoms with Crippen LogP contribution in [0, 0.1) is 13.8 Å². The molecule has 0 aliphatic rings. The Balaban J connectivity index is 2.24. The first-order valence-corrected chi connectivity index (χ1v) is 9.01. The fourth-order valence-corrected chi connectivity index (χ4v) is 3.02. The smallest absolute Gasteiger partial charge is 0.148 e. The van der Waals surface area contributed by atoms with Gasteiger partial charge in [0.15, 0.2) is 0 Å². The minimum Gasteiger partial charge on any atom is -0.315 e. The van der Waals surface area contributed by atoms with Crippen molar-refractivity contribution < 1.29 is 8.42 Å². The molecule has 1 rings (SSSR count). The van der Waals surface area contributed by atoms with E-state index in [4.69, 9.17) is 0 Å². The second-order valence-corrected chi connectivity index (χ2v) is 7.89. The standard InChI is InChI=1S/C13H21NO2S2/c1-11-4-5-12(2)13(10-11)17-8-6-14-7-9-18(3,15)16/h4-5,10,14H,6-9H2,1-3H3. The second kappa shape index (κ2) is 7.16. The van der Waals surface area contributed by atoms with E-state index >= 15 is 0 Å². The summed E-state index contributed by atoms with van der Waals surface area (Å²) in [6.07, 6.45) is 1.26. The van der Waals surface area contributed by atoms with Crippen molar-refractivity contribution in [3.05, 3.63) is 29.3 Å². The van der Waals surface area contributed by atoms with E-state index in [9.17, 15) is 8.42 Å². The largest absolute Gasteiger partial charge is 0.315 e. The number of hydrogen-bond donors (Lipinski definition) is 1. The molecule has 18 heavy (non-hydrogen) atoms. The topological polar surface area (TPSA) is 46.2 Å². The summed E-state index contributed by atoms with van der Waals surface area (Å²) in [4.78, 5) is 1.31. The van der Waals surface area contributed by atoms with Crippen LogP contribution in [0.25, 0.3) is 0 Å². The van der Waals surface area contributed by atoms with E-state index < -0.39 is 9.84 Å². The van der Waals surface area contributed by atoms with E-state index in [-0.39, 0.29) is 5.75 Å². The maximum atomic E-state index is 10.9. The summed E-state index contributed by atoms with van der Waals surface area (Å²) < 4.78 is 21.8. The van der Waals surface area contributed by atoms with Crippen LogP contribution in [0.15, 0.2) is 23.1 Å². The Morgan fingerprint density at radius 2 is 1.94 bits per heavy atom. The number of sulfone groups is 1. The molecule has 0 saturated heterocycles. The van der Waals surface area contributed by atoms with E-state index in [1.165, 1.54) is 22.3 Å². The highest BCUT2D eigenvalue weighted by Crippen LogP contribution is 2.22. The average Bonchev–Trinajstić information content (AvgIpc) is 2.26. The molecular formula is C13H21NO2S2. The molecule has 0 radical (unpaired) electrons. The molecule has 0 atom stereocenters. The summed E-state index contributed by atoms with van der Waals surface area (Å²) in [5, 5.41) is 3.15. The Morgan fingerprint density at radius 1 is 1.22 bits per heavy atom. The fraction of sp³-hybridized carbons (Fsp3) is 0.538. The molecule has 0 bridgehead atoms. The van der Waals surface area contributed by atoms with Crippen molar-refractivity contribution in [3.8, 4) is 0 Å². The van der Waals surface area contributed by atoms with E-state index in [0.717, 1.165) is 12.3 Å². The molecule has 0 unspecified atom stereocenters. The van der Waals surface area contributed by atoms with Crippen LogP contribution >= 0.6 is 11.8 Å². The normalized spacial score (nSPS) is 11.7. The van der Waals surface area contributed by atoms with Gasteiger partial charge in [-0.15, -0.1) is 11.8 Å². The molecule has 3 nitrogen and oxygen atoms in total. The molecular weight excluding hydrogens is 266 g/mol. The fourth-order valence-electron chi connectivity index (χ4n) is 1.48. The number of nitrogens with one attached hydrogen (secondary N) is 1. The van der Waals surface area contributed by atoms with Crippen LogP contribution in [-0.4, -0.2) is 39.3 Å². The zero-order valence-electron chi connectivity index (χ0n) is 11.2. The zero-order chi connectivity index (χ0) is 13.6. The van der Waals surface area contributed by atoms with Crippen LogP contribution in [0.2, 0.25) is 0 Å². The third-order valence-electron chi connectivity index (χ3n) is 2.53. The van der Waals surface area contributed by atoms with Crippen molar-refractivity contribution >= 4 is 21.6 Å². The third-order valence-corrected chi connectivity index (χ3v) is 4.63. The molecule has 0 saturated carbocycles. The Kier molecular flexibility index (Phi) is 6.18. The zero-order valence-corrected chi connectivity index (χ0v) is 12.8. The Hall–Kier alpha value is -0.520. The van der Waals surface area contributed by atoms with Gasteiger partial charge in [-0.1, -0.05) is 17.7 Å². The van der Waals surface area contributed by atoms with Gasteiger partial charge in [-0.3, -0.25) is 0 Å². The van der Waals surface area contributed by atoms with Gasteiger partial charge < -0.3 is 5.32 Å². The van der Waals surface area contributed by atoms with Crippen molar-refractivity contribution in [2.45, 2.75) is 18.7 Å². The van der Waals surface area contributed by atoms with Gasteiger partial charge in [0.25, 0.3) is 0 Å². The molecule has 1 aromatic carbocycles. The predicted octanol–water partition coefficient (Wildman–Crippen LogP) is 2.03. The quantitative estimate of drug-likeness (QED) is 0.616. The van der Waals surface area contributed by atoms with E-state index in [1.54, 1.807) is 0 Å². The third kappa shape index (κ3) is 6.42. The van der Waals surface area contributed by atoms with Crippen LogP contribution in [-0.2, 0) is 9.84 Å². The molecule has 0 aliphatic carbocycles. The SMILES string of the molecule is Cc1ccc(C)c(SCCNCCS(C)(=O)=O)c1. The molecule has 0 aliphatic heterocycles. The summed E-state index contributed by atoms with van der Waals surface area (Å²) in [7, 11) is -2.85. The summed E-state index contributed by atoms with van der Waals surface area (Å²) in [6, 6.07) is 6.44. The number of hydrogen-bond acceptors (Lipinski definition) is 4. The number of benzene rings is 1. The van der Waals surface area contributed by atoms with Gasteiger partial charge in [0.2, 0.25) is 0 Å². The lowest BCUT2D eigenvalue weighted by atomic mass is 10.2. The first-order valence-electron chi connectivity index (χ1n) is 5.97. The van der Waals surface area contributed by atoms with Crippen molar-refractivity contribution in [1.82, 2.24) is 5.32 Å². The minimum absolute atomic E-state index is 0.209. The molecule has 0 aromatic heterocycles. The first kappa shape index (κ1) is 15.5. The molecule has 5 heteroatoms. The lowest BCUT2D eigenvalue weighted by Crippen LogP contribution is -2.24. The van der Waals surface area contributed by atoms with Gasteiger partial charge in [-0.05, 0) is 25.5 Å². The molecule has 102 valence electrons. The highest BCUT2D eigenvalue weighted by Gasteiger charge is 2.01. The van der Waals surface area contributed by atoms with E-state index in [0.29, 0.717) is 6.54 Å². The number of aryl methyl sites for hydroxylation is 2. The Bertz CT molecular complexity index is 484. The molecule has 0 spiro atoms. The van der Waals surface area contributed by atoms with Gasteiger partial charge in [-0.2, -0.15) is 0 Å². The monoisotopic (exact) mass is 287 g/mol. The first-order chi connectivity index (χ1) is 8.38. The van der Waals surface area contributed by atoms with E-state index in [1.807, 2.05) is 11.8 Å². The van der Waals surface area contributed by atoms with Crippen LogP contribution in [0.4, 0.5) is 0 Å². The van der Waals surface area contributed by atoms with E-state index in [2.05, 4.69) is 37.4 Å². The van der Waals surface area contributed by atoms with Gasteiger partial charge in [0.05, 0.1) is 5.75 Å². The van der Waals surface area contributed by atoms with Gasteiger partial charge >= 0.3 is 0 Å². The van der Waals surface area contributed by atoms with Crippen LogP contribution in [0.1, 0.15) is 11.1 Å². The van der Waals surface area contributed by atoms with Crippen molar-refractivity contribution in [2.24, 2.45) is 0 Å². The van der Waals surface area contributed by atoms with Crippen molar-refractivity contribution in [1.29, 1.82) is 0 Å². The highest BCUT2D eigenvalue weighted by molar-refractivity contribution is 7.99. The lowest BCUT2D eigenvalue weighted by Gasteiger charge is -2.07. The predicted molar refractivity (Wildman–Crippen MR) is 79.2 cm³/mol. The maximum Gasteiger partial charge on any atom is 0.148 e. The van der Waals surface area contributed by atoms with Gasteiger partial charge in [-0.25, -0.2) is 8.42 Å². The lowest BCUT2D eigenvalue weighted by molar-refractivity contribution is 0.598. The molecule has 0 heterocycles. The Labute approximate surface area is 114 Å². The van der Waals surface area contributed by atoms with Gasteiger partial charge in [0, 0.05) is 30.0 Å². The average molecular weight is 287 g/mol. The second-order valence-electron chi connectivity index (χ2n) is 4.50. The number of thioether (sulfide) groups is 1. The molecule has 0 amide bonds. The van der Waals surface area contributed by atoms with Gasteiger partial charge in [0.1, 0.15) is 9.84 Å². The Morgan fingerprint density at radius 3 is 2.61 bits per heavy atom.